The number of hydrogen-bond acceptors (Lipinski definition) is 2. The number of nitrogens with one attached hydrogen (secondary N) is 1. The molecule has 0 bridgehead atoms. The lowest BCUT2D eigenvalue weighted by molar-refractivity contribution is 0.608. The van der Waals surface area contributed by atoms with Gasteiger partial charge < -0.3 is 4.98 Å². The summed E-state index contributed by atoms with van der Waals surface area (Å²) in [5.41, 5.74) is 2.47. The first kappa shape index (κ1) is 13.7. The average Bonchev–Trinajstić information content (AvgIpc) is 2.94. The molecule has 1 atom stereocenters. The second-order valence-corrected chi connectivity index (χ2v) is 5.58. The second-order valence-electron chi connectivity index (χ2n) is 5.58. The third-order valence-corrected chi connectivity index (χ3v) is 4.19. The molecule has 0 saturated heterocycles. The van der Waals surface area contributed by atoms with Gasteiger partial charge in [0.25, 0.3) is 5.56 Å². The van der Waals surface area contributed by atoms with E-state index in [1.807, 2.05) is 37.3 Å². The van der Waals surface area contributed by atoms with Crippen molar-refractivity contribution in [3.8, 4) is 0 Å². The monoisotopic (exact) mass is 307 g/mol. The van der Waals surface area contributed by atoms with Crippen molar-refractivity contribution in [3.05, 3.63) is 76.6 Å². The zero-order valence-corrected chi connectivity index (χ0v) is 12.5. The maximum atomic E-state index is 13.4. The Morgan fingerprint density at radius 1 is 1.17 bits per heavy atom. The molecule has 0 aliphatic carbocycles. The Bertz CT molecular complexity index is 1070. The van der Waals surface area contributed by atoms with E-state index in [4.69, 9.17) is 0 Å². The van der Waals surface area contributed by atoms with Gasteiger partial charge in [-0.15, -0.1) is 0 Å². The van der Waals surface area contributed by atoms with Gasteiger partial charge in [-0.2, -0.15) is 0 Å². The average molecular weight is 307 g/mol. The fraction of sp³-hybridized carbons (Fsp3) is 0.111. The number of rotatable bonds is 2. The summed E-state index contributed by atoms with van der Waals surface area (Å²) in [5.74, 6) is -0.345. The fourth-order valence-electron chi connectivity index (χ4n) is 2.91. The van der Waals surface area contributed by atoms with Crippen LogP contribution in [0, 0.1) is 5.82 Å². The molecule has 2 aromatic heterocycles. The minimum atomic E-state index is -0.345. The first-order valence-electron chi connectivity index (χ1n) is 7.38. The van der Waals surface area contributed by atoms with E-state index in [-0.39, 0.29) is 17.4 Å². The van der Waals surface area contributed by atoms with Gasteiger partial charge in [0.15, 0.2) is 0 Å². The van der Waals surface area contributed by atoms with E-state index in [0.717, 1.165) is 5.56 Å². The molecule has 0 radical (unpaired) electrons. The first-order chi connectivity index (χ1) is 11.1. The number of H-pyrrole nitrogens is 1. The van der Waals surface area contributed by atoms with Gasteiger partial charge in [0, 0.05) is 10.9 Å². The molecule has 4 rings (SSSR count). The molecule has 0 spiro atoms. The maximum Gasteiger partial charge on any atom is 0.278 e. The van der Waals surface area contributed by atoms with E-state index in [9.17, 15) is 9.18 Å². The minimum absolute atomic E-state index is 0.135. The normalized spacial score (nSPS) is 12.8. The Balaban J connectivity index is 1.95. The van der Waals surface area contributed by atoms with Gasteiger partial charge in [0.2, 0.25) is 0 Å². The van der Waals surface area contributed by atoms with Crippen LogP contribution in [0.15, 0.2) is 59.7 Å². The number of fused-ring (bicyclic) bond motifs is 3. The van der Waals surface area contributed by atoms with Gasteiger partial charge in [-0.3, -0.25) is 9.36 Å². The molecule has 5 heteroatoms. The molecule has 2 aromatic carbocycles. The highest BCUT2D eigenvalue weighted by atomic mass is 19.1. The Morgan fingerprint density at radius 2 is 1.96 bits per heavy atom. The Morgan fingerprint density at radius 3 is 2.74 bits per heavy atom. The molecule has 0 saturated carbocycles. The van der Waals surface area contributed by atoms with Crippen LogP contribution < -0.4 is 5.56 Å². The Labute approximate surface area is 131 Å². The summed E-state index contributed by atoms with van der Waals surface area (Å²) in [7, 11) is 0. The standard InChI is InChI=1S/C18H14FN3O/c1-11(12-5-3-2-4-6-12)22-10-20-16-14-9-13(19)7-8-15(14)21-17(16)18(22)23/h2-11,21H,1H3/t11-/m1/s1. The van der Waals surface area contributed by atoms with E-state index >= 15 is 0 Å². The van der Waals surface area contributed by atoms with Crippen LogP contribution in [0.2, 0.25) is 0 Å². The van der Waals surface area contributed by atoms with Crippen molar-refractivity contribution in [3.63, 3.8) is 0 Å². The quantitative estimate of drug-likeness (QED) is 0.615. The molecule has 0 aliphatic heterocycles. The lowest BCUT2D eigenvalue weighted by Gasteiger charge is -2.14. The van der Waals surface area contributed by atoms with E-state index in [2.05, 4.69) is 9.97 Å². The summed E-state index contributed by atoms with van der Waals surface area (Å²) in [6.07, 6.45) is 1.53. The molecular weight excluding hydrogens is 293 g/mol. The van der Waals surface area contributed by atoms with Crippen LogP contribution in [0.25, 0.3) is 21.9 Å². The van der Waals surface area contributed by atoms with Crippen molar-refractivity contribution in [2.75, 3.05) is 0 Å². The van der Waals surface area contributed by atoms with Crippen molar-refractivity contribution in [1.82, 2.24) is 14.5 Å². The molecule has 114 valence electrons. The molecular formula is C18H14FN3O. The summed E-state index contributed by atoms with van der Waals surface area (Å²) < 4.78 is 15.0. The van der Waals surface area contributed by atoms with E-state index in [1.54, 1.807) is 10.6 Å². The van der Waals surface area contributed by atoms with Crippen molar-refractivity contribution in [1.29, 1.82) is 0 Å². The zero-order valence-electron chi connectivity index (χ0n) is 12.5. The van der Waals surface area contributed by atoms with Crippen LogP contribution in [-0.2, 0) is 0 Å². The summed E-state index contributed by atoms with van der Waals surface area (Å²) in [4.78, 5) is 20.2. The first-order valence-corrected chi connectivity index (χ1v) is 7.38. The smallest absolute Gasteiger partial charge is 0.278 e. The lowest BCUT2D eigenvalue weighted by Crippen LogP contribution is -2.24. The highest BCUT2D eigenvalue weighted by molar-refractivity contribution is 6.04. The topological polar surface area (TPSA) is 50.7 Å². The summed E-state index contributed by atoms with van der Waals surface area (Å²) >= 11 is 0. The van der Waals surface area contributed by atoms with E-state index < -0.39 is 0 Å². The van der Waals surface area contributed by atoms with E-state index in [0.29, 0.717) is 21.9 Å². The summed E-state index contributed by atoms with van der Waals surface area (Å²) in [6.45, 7) is 1.95. The van der Waals surface area contributed by atoms with Crippen LogP contribution >= 0.6 is 0 Å². The molecule has 0 fully saturated rings. The molecule has 4 nitrogen and oxygen atoms in total. The van der Waals surface area contributed by atoms with Crippen LogP contribution in [0.3, 0.4) is 0 Å². The lowest BCUT2D eigenvalue weighted by atomic mass is 10.1. The van der Waals surface area contributed by atoms with Gasteiger partial charge in [-0.25, -0.2) is 9.37 Å². The number of hydrogen-bond donors (Lipinski definition) is 1. The molecule has 2 heterocycles. The van der Waals surface area contributed by atoms with Crippen LogP contribution in [0.1, 0.15) is 18.5 Å². The number of aromatic amines is 1. The number of nitrogens with zero attached hydrogens (tertiary/aromatic N) is 2. The largest absolute Gasteiger partial charge is 0.349 e. The minimum Gasteiger partial charge on any atom is -0.349 e. The van der Waals surface area contributed by atoms with Crippen LogP contribution in [0.5, 0.6) is 0 Å². The zero-order chi connectivity index (χ0) is 16.0. The van der Waals surface area contributed by atoms with Crippen LogP contribution in [-0.4, -0.2) is 14.5 Å². The van der Waals surface area contributed by atoms with Crippen molar-refractivity contribution in [2.45, 2.75) is 13.0 Å². The van der Waals surface area contributed by atoms with Crippen molar-refractivity contribution >= 4 is 21.9 Å². The summed E-state index contributed by atoms with van der Waals surface area (Å²) in [5, 5.41) is 0.622. The predicted molar refractivity (Wildman–Crippen MR) is 88.1 cm³/mol. The second kappa shape index (κ2) is 5.05. The Kier molecular flexibility index (Phi) is 3.01. The van der Waals surface area contributed by atoms with Gasteiger partial charge in [-0.1, -0.05) is 30.3 Å². The SMILES string of the molecule is C[C@H](c1ccccc1)n1cnc2c([nH]c3ccc(F)cc32)c1=O. The molecule has 0 aliphatic rings. The van der Waals surface area contributed by atoms with E-state index in [1.165, 1.54) is 18.5 Å². The highest BCUT2D eigenvalue weighted by Gasteiger charge is 2.15. The summed E-state index contributed by atoms with van der Waals surface area (Å²) in [6, 6.07) is 14.0. The van der Waals surface area contributed by atoms with Gasteiger partial charge in [-0.05, 0) is 30.7 Å². The molecule has 0 unspecified atom stereocenters. The third kappa shape index (κ3) is 2.12. The third-order valence-electron chi connectivity index (χ3n) is 4.19. The van der Waals surface area contributed by atoms with Crippen molar-refractivity contribution < 1.29 is 4.39 Å². The van der Waals surface area contributed by atoms with Gasteiger partial charge in [0.05, 0.1) is 12.4 Å². The predicted octanol–water partition coefficient (Wildman–Crippen LogP) is 3.63. The van der Waals surface area contributed by atoms with Gasteiger partial charge >= 0.3 is 0 Å². The number of aromatic nitrogens is 3. The molecule has 23 heavy (non-hydrogen) atoms. The maximum absolute atomic E-state index is 13.4. The number of benzene rings is 2. The highest BCUT2D eigenvalue weighted by Crippen LogP contribution is 2.23. The van der Waals surface area contributed by atoms with Crippen molar-refractivity contribution in [2.24, 2.45) is 0 Å². The molecule has 1 N–H and O–H groups in total. The van der Waals surface area contributed by atoms with Crippen LogP contribution in [0.4, 0.5) is 4.39 Å². The molecule has 4 aromatic rings. The molecule has 0 amide bonds. The Hall–Kier alpha value is -2.95. The number of halogens is 1. The fourth-order valence-corrected chi connectivity index (χ4v) is 2.91. The van der Waals surface area contributed by atoms with Gasteiger partial charge in [0.1, 0.15) is 16.9 Å².